The Bertz CT molecular complexity index is 540. The Morgan fingerprint density at radius 1 is 1.44 bits per heavy atom. The highest BCUT2D eigenvalue weighted by atomic mass is 32.1. The smallest absolute Gasteiger partial charge is 0.264 e. The standard InChI is InChI=1S/C12H13N3O2S/c1-8-3-4-9(2)10(5-8)17-6-11(16)14-12-15-13-7-18-12/h3-5,7H,6H2,1-2H3,(H,14,15,16). The molecule has 1 heterocycles. The fourth-order valence-electron chi connectivity index (χ4n) is 1.39. The number of nitrogens with one attached hydrogen (secondary N) is 1. The number of carbonyl (C=O) groups excluding carboxylic acids is 1. The van der Waals surface area contributed by atoms with Crippen LogP contribution in [0, 0.1) is 13.8 Å². The van der Waals surface area contributed by atoms with E-state index < -0.39 is 0 Å². The molecule has 2 aromatic rings. The second-order valence-electron chi connectivity index (χ2n) is 3.85. The molecule has 0 bridgehead atoms. The molecule has 6 heteroatoms. The number of ether oxygens (including phenoxy) is 1. The highest BCUT2D eigenvalue weighted by molar-refractivity contribution is 7.13. The molecule has 5 nitrogen and oxygen atoms in total. The number of aryl methyl sites for hydroxylation is 2. The van der Waals surface area contributed by atoms with Crippen molar-refractivity contribution in [3.63, 3.8) is 0 Å². The highest BCUT2D eigenvalue weighted by Gasteiger charge is 2.07. The summed E-state index contributed by atoms with van der Waals surface area (Å²) < 4.78 is 5.47. The van der Waals surface area contributed by atoms with Crippen LogP contribution in [0.15, 0.2) is 23.7 Å². The summed E-state index contributed by atoms with van der Waals surface area (Å²) in [6.07, 6.45) is 0. The van der Waals surface area contributed by atoms with Crippen molar-refractivity contribution in [1.82, 2.24) is 10.2 Å². The third kappa shape index (κ3) is 3.27. The summed E-state index contributed by atoms with van der Waals surface area (Å²) in [5.74, 6) is 0.482. The SMILES string of the molecule is Cc1ccc(C)c(OCC(=O)Nc2nncs2)c1. The molecule has 0 fully saturated rings. The molecule has 0 atom stereocenters. The summed E-state index contributed by atoms with van der Waals surface area (Å²) in [6.45, 7) is 3.88. The fourth-order valence-corrected chi connectivity index (χ4v) is 1.85. The first-order valence-electron chi connectivity index (χ1n) is 5.41. The van der Waals surface area contributed by atoms with Gasteiger partial charge in [-0.15, -0.1) is 10.2 Å². The average Bonchev–Trinajstić information content (AvgIpc) is 2.83. The van der Waals surface area contributed by atoms with E-state index in [4.69, 9.17) is 4.74 Å². The van der Waals surface area contributed by atoms with Gasteiger partial charge in [-0.05, 0) is 31.0 Å². The van der Waals surface area contributed by atoms with E-state index in [-0.39, 0.29) is 12.5 Å². The van der Waals surface area contributed by atoms with Crippen LogP contribution in [0.25, 0.3) is 0 Å². The van der Waals surface area contributed by atoms with Crippen LogP contribution in [-0.2, 0) is 4.79 Å². The van der Waals surface area contributed by atoms with Crippen LogP contribution in [0.1, 0.15) is 11.1 Å². The molecule has 0 aliphatic rings. The van der Waals surface area contributed by atoms with Crippen LogP contribution in [0.4, 0.5) is 5.13 Å². The normalized spacial score (nSPS) is 10.1. The Morgan fingerprint density at radius 2 is 2.28 bits per heavy atom. The van der Waals surface area contributed by atoms with E-state index >= 15 is 0 Å². The van der Waals surface area contributed by atoms with E-state index in [1.54, 1.807) is 5.51 Å². The van der Waals surface area contributed by atoms with Crippen molar-refractivity contribution < 1.29 is 9.53 Å². The number of benzene rings is 1. The lowest BCUT2D eigenvalue weighted by atomic mass is 10.1. The van der Waals surface area contributed by atoms with Gasteiger partial charge in [-0.1, -0.05) is 23.5 Å². The molecule has 1 aromatic heterocycles. The van der Waals surface area contributed by atoms with Crippen molar-refractivity contribution in [2.24, 2.45) is 0 Å². The van der Waals surface area contributed by atoms with E-state index in [1.807, 2.05) is 32.0 Å². The minimum atomic E-state index is -0.243. The predicted molar refractivity (Wildman–Crippen MR) is 69.9 cm³/mol. The highest BCUT2D eigenvalue weighted by Crippen LogP contribution is 2.19. The molecule has 0 aliphatic carbocycles. The van der Waals surface area contributed by atoms with Crippen LogP contribution in [-0.4, -0.2) is 22.7 Å². The molecule has 0 saturated carbocycles. The summed E-state index contributed by atoms with van der Waals surface area (Å²) >= 11 is 1.27. The topological polar surface area (TPSA) is 64.1 Å². The molecule has 0 spiro atoms. The van der Waals surface area contributed by atoms with E-state index in [0.717, 1.165) is 16.9 Å². The lowest BCUT2D eigenvalue weighted by Crippen LogP contribution is -2.20. The number of anilines is 1. The fraction of sp³-hybridized carbons (Fsp3) is 0.250. The number of rotatable bonds is 4. The first-order chi connectivity index (χ1) is 8.65. The molecule has 0 aliphatic heterocycles. The molecule has 94 valence electrons. The summed E-state index contributed by atoms with van der Waals surface area (Å²) in [5.41, 5.74) is 3.66. The third-order valence-electron chi connectivity index (χ3n) is 2.31. The van der Waals surface area contributed by atoms with Crippen LogP contribution >= 0.6 is 11.3 Å². The van der Waals surface area contributed by atoms with Gasteiger partial charge in [0.25, 0.3) is 5.91 Å². The van der Waals surface area contributed by atoms with Crippen molar-refractivity contribution in [3.05, 3.63) is 34.8 Å². The van der Waals surface area contributed by atoms with Crippen molar-refractivity contribution >= 4 is 22.4 Å². The molecular weight excluding hydrogens is 250 g/mol. The number of amides is 1. The first-order valence-corrected chi connectivity index (χ1v) is 6.29. The van der Waals surface area contributed by atoms with Gasteiger partial charge in [0.2, 0.25) is 5.13 Å². The molecule has 2 rings (SSSR count). The number of aromatic nitrogens is 2. The maximum Gasteiger partial charge on any atom is 0.264 e. The number of nitrogens with zero attached hydrogens (tertiary/aromatic N) is 2. The van der Waals surface area contributed by atoms with Crippen molar-refractivity contribution in [2.75, 3.05) is 11.9 Å². The summed E-state index contributed by atoms with van der Waals surface area (Å²) in [7, 11) is 0. The zero-order valence-corrected chi connectivity index (χ0v) is 11.0. The summed E-state index contributed by atoms with van der Waals surface area (Å²) in [6, 6.07) is 5.88. The Labute approximate surface area is 109 Å². The lowest BCUT2D eigenvalue weighted by molar-refractivity contribution is -0.118. The van der Waals surface area contributed by atoms with Gasteiger partial charge < -0.3 is 4.74 Å². The van der Waals surface area contributed by atoms with E-state index in [9.17, 15) is 4.79 Å². The van der Waals surface area contributed by atoms with Crippen LogP contribution in [0.2, 0.25) is 0 Å². The number of carbonyl (C=O) groups is 1. The van der Waals surface area contributed by atoms with Crippen molar-refractivity contribution in [2.45, 2.75) is 13.8 Å². The van der Waals surface area contributed by atoms with E-state index in [2.05, 4.69) is 15.5 Å². The molecule has 1 N–H and O–H groups in total. The largest absolute Gasteiger partial charge is 0.483 e. The van der Waals surface area contributed by atoms with Gasteiger partial charge >= 0.3 is 0 Å². The molecule has 1 amide bonds. The van der Waals surface area contributed by atoms with Crippen molar-refractivity contribution in [3.8, 4) is 5.75 Å². The molecule has 0 radical (unpaired) electrons. The third-order valence-corrected chi connectivity index (χ3v) is 2.92. The van der Waals surface area contributed by atoms with Gasteiger partial charge in [-0.2, -0.15) is 0 Å². The minimum Gasteiger partial charge on any atom is -0.483 e. The maximum absolute atomic E-state index is 11.6. The average molecular weight is 263 g/mol. The van der Waals surface area contributed by atoms with Gasteiger partial charge in [-0.3, -0.25) is 10.1 Å². The van der Waals surface area contributed by atoms with Gasteiger partial charge in [0.15, 0.2) is 6.61 Å². The van der Waals surface area contributed by atoms with E-state index in [0.29, 0.717) is 5.13 Å². The minimum absolute atomic E-state index is 0.0378. The van der Waals surface area contributed by atoms with Crippen LogP contribution < -0.4 is 10.1 Å². The van der Waals surface area contributed by atoms with Crippen LogP contribution in [0.5, 0.6) is 5.75 Å². The zero-order valence-electron chi connectivity index (χ0n) is 10.1. The van der Waals surface area contributed by atoms with Gasteiger partial charge in [0.05, 0.1) is 0 Å². The molecule has 0 saturated heterocycles. The van der Waals surface area contributed by atoms with E-state index in [1.165, 1.54) is 11.3 Å². The molecule has 1 aromatic carbocycles. The maximum atomic E-state index is 11.6. The Morgan fingerprint density at radius 3 is 3.00 bits per heavy atom. The summed E-state index contributed by atoms with van der Waals surface area (Å²) in [4.78, 5) is 11.6. The van der Waals surface area contributed by atoms with Gasteiger partial charge in [0, 0.05) is 0 Å². The predicted octanol–water partition coefficient (Wildman–Crippen LogP) is 2.17. The second kappa shape index (κ2) is 5.59. The number of hydrogen-bond donors (Lipinski definition) is 1. The molecule has 18 heavy (non-hydrogen) atoms. The first kappa shape index (κ1) is 12.5. The Kier molecular flexibility index (Phi) is 3.88. The molecular formula is C12H13N3O2S. The number of hydrogen-bond acceptors (Lipinski definition) is 5. The quantitative estimate of drug-likeness (QED) is 0.918. The summed E-state index contributed by atoms with van der Waals surface area (Å²) in [5, 5.41) is 10.4. The Balaban J connectivity index is 1.91. The van der Waals surface area contributed by atoms with Gasteiger partial charge in [0.1, 0.15) is 11.3 Å². The Hall–Kier alpha value is -1.95. The van der Waals surface area contributed by atoms with Crippen LogP contribution in [0.3, 0.4) is 0 Å². The lowest BCUT2D eigenvalue weighted by Gasteiger charge is -2.09. The van der Waals surface area contributed by atoms with Gasteiger partial charge in [-0.25, -0.2) is 0 Å². The zero-order chi connectivity index (χ0) is 13.0. The molecule has 0 unspecified atom stereocenters. The second-order valence-corrected chi connectivity index (χ2v) is 4.68. The monoisotopic (exact) mass is 263 g/mol. The van der Waals surface area contributed by atoms with Crippen molar-refractivity contribution in [1.29, 1.82) is 0 Å².